The Bertz CT molecular complexity index is 1020. The third-order valence-electron chi connectivity index (χ3n) is 3.64. The van der Waals surface area contributed by atoms with E-state index in [-0.39, 0.29) is 5.91 Å². The van der Waals surface area contributed by atoms with Crippen molar-refractivity contribution in [1.82, 2.24) is 14.4 Å². The molecule has 0 bridgehead atoms. The lowest BCUT2D eigenvalue weighted by atomic mass is 10.2. The molecule has 4 rings (SSSR count). The molecule has 0 spiro atoms. The highest BCUT2D eigenvalue weighted by Gasteiger charge is 2.15. The van der Waals surface area contributed by atoms with Crippen LogP contribution in [0.3, 0.4) is 0 Å². The zero-order valence-corrected chi connectivity index (χ0v) is 13.7. The monoisotopic (exact) mass is 334 g/mol. The third kappa shape index (κ3) is 2.68. The van der Waals surface area contributed by atoms with Gasteiger partial charge in [-0.25, -0.2) is 9.97 Å². The van der Waals surface area contributed by atoms with Crippen LogP contribution < -0.4 is 5.32 Å². The molecule has 0 aliphatic carbocycles. The summed E-state index contributed by atoms with van der Waals surface area (Å²) in [6.45, 7) is 1.90. The number of fused-ring (bicyclic) bond motifs is 1. The molecule has 0 unspecified atom stereocenters. The van der Waals surface area contributed by atoms with Gasteiger partial charge >= 0.3 is 0 Å². The summed E-state index contributed by atoms with van der Waals surface area (Å²) in [5.74, 6) is -0.208. The number of aryl methyl sites for hydroxylation is 1. The number of amides is 1. The minimum absolute atomic E-state index is 0.208. The van der Waals surface area contributed by atoms with Crippen LogP contribution in [0.4, 0.5) is 5.13 Å². The van der Waals surface area contributed by atoms with Crippen molar-refractivity contribution in [1.29, 1.82) is 0 Å². The van der Waals surface area contributed by atoms with Crippen molar-refractivity contribution in [2.24, 2.45) is 0 Å². The number of rotatable bonds is 3. The van der Waals surface area contributed by atoms with Crippen LogP contribution in [0.25, 0.3) is 16.9 Å². The minimum Gasteiger partial charge on any atom is -0.306 e. The van der Waals surface area contributed by atoms with Gasteiger partial charge in [0.1, 0.15) is 5.65 Å². The van der Waals surface area contributed by atoms with Gasteiger partial charge in [0.2, 0.25) is 0 Å². The Kier molecular flexibility index (Phi) is 3.59. The molecule has 0 radical (unpaired) electrons. The van der Waals surface area contributed by atoms with Crippen LogP contribution in [0.2, 0.25) is 0 Å². The number of imidazole rings is 1. The van der Waals surface area contributed by atoms with Gasteiger partial charge in [-0.3, -0.25) is 10.1 Å². The van der Waals surface area contributed by atoms with Gasteiger partial charge < -0.3 is 4.40 Å². The molecule has 118 valence electrons. The molecule has 24 heavy (non-hydrogen) atoms. The van der Waals surface area contributed by atoms with Gasteiger partial charge in [0, 0.05) is 23.3 Å². The first-order chi connectivity index (χ1) is 11.7. The van der Waals surface area contributed by atoms with Crippen LogP contribution in [0, 0.1) is 6.92 Å². The zero-order valence-electron chi connectivity index (χ0n) is 12.9. The maximum absolute atomic E-state index is 12.6. The molecular formula is C18H14N4OS. The maximum atomic E-state index is 12.6. The van der Waals surface area contributed by atoms with Crippen molar-refractivity contribution >= 4 is 28.0 Å². The molecule has 3 heterocycles. The van der Waals surface area contributed by atoms with E-state index in [2.05, 4.69) is 15.3 Å². The highest BCUT2D eigenvalue weighted by Crippen LogP contribution is 2.22. The molecular weight excluding hydrogens is 320 g/mol. The van der Waals surface area contributed by atoms with Crippen LogP contribution in [0.15, 0.2) is 60.2 Å². The second-order valence-corrected chi connectivity index (χ2v) is 6.25. The quantitative estimate of drug-likeness (QED) is 0.615. The van der Waals surface area contributed by atoms with Crippen molar-refractivity contribution in [2.45, 2.75) is 6.92 Å². The molecule has 3 aromatic heterocycles. The van der Waals surface area contributed by atoms with Crippen LogP contribution in [0.1, 0.15) is 16.1 Å². The smallest absolute Gasteiger partial charge is 0.261 e. The molecule has 0 saturated heterocycles. The standard InChI is InChI=1S/C18H14N4OS/c1-12-11-24-18(19-12)21-17(23)14-8-5-9-22-10-15(20-16(14)22)13-6-3-2-4-7-13/h2-11H,1H3,(H,19,21,23). The summed E-state index contributed by atoms with van der Waals surface area (Å²) in [6.07, 6.45) is 3.81. The Balaban J connectivity index is 1.73. The topological polar surface area (TPSA) is 59.3 Å². The highest BCUT2D eigenvalue weighted by atomic mass is 32.1. The van der Waals surface area contributed by atoms with Crippen LogP contribution in [-0.2, 0) is 0 Å². The lowest BCUT2D eigenvalue weighted by Crippen LogP contribution is -2.13. The number of thiazole rings is 1. The number of anilines is 1. The van der Waals surface area contributed by atoms with Gasteiger partial charge in [0.05, 0.1) is 17.0 Å². The van der Waals surface area contributed by atoms with Crippen LogP contribution in [0.5, 0.6) is 0 Å². The summed E-state index contributed by atoms with van der Waals surface area (Å²) in [7, 11) is 0. The first-order valence-corrected chi connectivity index (χ1v) is 8.35. The predicted octanol–water partition coefficient (Wildman–Crippen LogP) is 4.02. The fraction of sp³-hybridized carbons (Fsp3) is 0.0556. The van der Waals surface area contributed by atoms with Crippen molar-refractivity contribution < 1.29 is 4.79 Å². The molecule has 6 heteroatoms. The molecule has 0 fully saturated rings. The largest absolute Gasteiger partial charge is 0.306 e. The fourth-order valence-corrected chi connectivity index (χ4v) is 3.20. The number of pyridine rings is 1. The predicted molar refractivity (Wildman–Crippen MR) is 95.4 cm³/mol. The van der Waals surface area contributed by atoms with E-state index >= 15 is 0 Å². The Morgan fingerprint density at radius 1 is 1.12 bits per heavy atom. The van der Waals surface area contributed by atoms with E-state index in [0.717, 1.165) is 17.0 Å². The molecule has 5 nitrogen and oxygen atoms in total. The fourth-order valence-electron chi connectivity index (χ4n) is 2.51. The SMILES string of the molecule is Cc1csc(NC(=O)c2cccn3cc(-c4ccccc4)nc23)n1. The summed E-state index contributed by atoms with van der Waals surface area (Å²) in [4.78, 5) is 21.5. The van der Waals surface area contributed by atoms with Crippen molar-refractivity contribution in [3.05, 3.63) is 71.5 Å². The molecule has 4 aromatic rings. The second kappa shape index (κ2) is 5.90. The average Bonchev–Trinajstić information content (AvgIpc) is 3.21. The second-order valence-electron chi connectivity index (χ2n) is 5.39. The number of nitrogens with zero attached hydrogens (tertiary/aromatic N) is 3. The molecule has 0 atom stereocenters. The number of aromatic nitrogens is 3. The normalized spacial score (nSPS) is 10.9. The van der Waals surface area contributed by atoms with E-state index in [1.54, 1.807) is 6.07 Å². The number of carbonyl (C=O) groups excluding carboxylic acids is 1. The zero-order chi connectivity index (χ0) is 16.5. The lowest BCUT2D eigenvalue weighted by Gasteiger charge is -2.03. The van der Waals surface area contributed by atoms with Gasteiger partial charge in [-0.15, -0.1) is 11.3 Å². The summed E-state index contributed by atoms with van der Waals surface area (Å²) >= 11 is 1.41. The number of hydrogen-bond acceptors (Lipinski definition) is 4. The van der Waals surface area contributed by atoms with E-state index in [1.165, 1.54) is 11.3 Å². The van der Waals surface area contributed by atoms with Gasteiger partial charge in [-0.1, -0.05) is 30.3 Å². The van der Waals surface area contributed by atoms with E-state index in [9.17, 15) is 4.79 Å². The van der Waals surface area contributed by atoms with Gasteiger partial charge in [-0.05, 0) is 19.1 Å². The molecule has 1 amide bonds. The van der Waals surface area contributed by atoms with E-state index in [1.807, 2.05) is 65.5 Å². The van der Waals surface area contributed by atoms with Crippen molar-refractivity contribution in [2.75, 3.05) is 5.32 Å². The van der Waals surface area contributed by atoms with Crippen molar-refractivity contribution in [3.8, 4) is 11.3 Å². The molecule has 0 aliphatic rings. The molecule has 0 aliphatic heterocycles. The minimum atomic E-state index is -0.208. The maximum Gasteiger partial charge on any atom is 0.261 e. The first kappa shape index (κ1) is 14.6. The third-order valence-corrected chi connectivity index (χ3v) is 4.51. The van der Waals surface area contributed by atoms with E-state index < -0.39 is 0 Å². The van der Waals surface area contributed by atoms with Gasteiger partial charge in [-0.2, -0.15) is 0 Å². The number of carbonyl (C=O) groups is 1. The molecule has 1 aromatic carbocycles. The lowest BCUT2D eigenvalue weighted by molar-refractivity contribution is 0.102. The van der Waals surface area contributed by atoms with Crippen LogP contribution >= 0.6 is 11.3 Å². The Morgan fingerprint density at radius 3 is 2.71 bits per heavy atom. The Labute approximate surface area is 142 Å². The molecule has 0 saturated carbocycles. The summed E-state index contributed by atoms with van der Waals surface area (Å²) in [5, 5.41) is 5.33. The van der Waals surface area contributed by atoms with Gasteiger partial charge in [0.15, 0.2) is 5.13 Å². The van der Waals surface area contributed by atoms with E-state index in [4.69, 9.17) is 0 Å². The van der Waals surface area contributed by atoms with E-state index in [0.29, 0.717) is 16.3 Å². The summed E-state index contributed by atoms with van der Waals surface area (Å²) in [5.41, 5.74) is 3.89. The average molecular weight is 334 g/mol. The summed E-state index contributed by atoms with van der Waals surface area (Å²) in [6, 6.07) is 13.5. The summed E-state index contributed by atoms with van der Waals surface area (Å²) < 4.78 is 1.87. The highest BCUT2D eigenvalue weighted by molar-refractivity contribution is 7.13. The van der Waals surface area contributed by atoms with Crippen molar-refractivity contribution in [3.63, 3.8) is 0 Å². The Hall–Kier alpha value is -2.99. The molecule has 1 N–H and O–H groups in total. The Morgan fingerprint density at radius 2 is 1.96 bits per heavy atom. The first-order valence-electron chi connectivity index (χ1n) is 7.47. The number of benzene rings is 1. The number of hydrogen-bond donors (Lipinski definition) is 1. The number of nitrogens with one attached hydrogen (secondary N) is 1. The van der Waals surface area contributed by atoms with Gasteiger partial charge in [0.25, 0.3) is 5.91 Å². The van der Waals surface area contributed by atoms with Crippen LogP contribution in [-0.4, -0.2) is 20.3 Å².